The van der Waals surface area contributed by atoms with E-state index >= 15 is 0 Å². The number of aryl methyl sites for hydroxylation is 1. The van der Waals surface area contributed by atoms with Crippen molar-refractivity contribution in [3.63, 3.8) is 0 Å². The van der Waals surface area contributed by atoms with Crippen LogP contribution in [0, 0.1) is 0 Å². The lowest BCUT2D eigenvalue weighted by Gasteiger charge is -2.05. The summed E-state index contributed by atoms with van der Waals surface area (Å²) in [7, 11) is 0. The van der Waals surface area contributed by atoms with Crippen LogP contribution in [0.15, 0.2) is 35.1 Å². The molecule has 0 saturated carbocycles. The molecule has 1 aromatic heterocycles. The molecule has 0 radical (unpaired) electrons. The van der Waals surface area contributed by atoms with Crippen LogP contribution in [0.3, 0.4) is 0 Å². The molecule has 0 amide bonds. The van der Waals surface area contributed by atoms with Crippen molar-refractivity contribution < 1.29 is 0 Å². The van der Waals surface area contributed by atoms with Gasteiger partial charge in [0, 0.05) is 6.42 Å². The Balaban J connectivity index is 2.15. The minimum atomic E-state index is -0.185. The van der Waals surface area contributed by atoms with E-state index in [4.69, 9.17) is 5.73 Å². The summed E-state index contributed by atoms with van der Waals surface area (Å²) in [5.74, 6) is 0.781. The number of unbranched alkanes of at least 4 members (excludes halogenated alkanes) is 2. The standard InChI is InChI=1S/C13H18N4O/c14-10-6-2-5-9-12-15-16-13(18)17(12)11-7-3-1-4-8-11/h1,3-4,7-8H,2,5-6,9-10,14H2,(H,16,18). The van der Waals surface area contributed by atoms with Crippen LogP contribution in [0.25, 0.3) is 5.69 Å². The minimum absolute atomic E-state index is 0.185. The summed E-state index contributed by atoms with van der Waals surface area (Å²) in [6, 6.07) is 9.55. The van der Waals surface area contributed by atoms with E-state index in [0.717, 1.165) is 37.2 Å². The molecule has 0 aliphatic rings. The third-order valence-corrected chi connectivity index (χ3v) is 2.86. The maximum atomic E-state index is 11.8. The van der Waals surface area contributed by atoms with Gasteiger partial charge in [0.25, 0.3) is 0 Å². The number of para-hydroxylation sites is 1. The predicted octanol–water partition coefficient (Wildman–Crippen LogP) is 1.23. The van der Waals surface area contributed by atoms with Crippen LogP contribution in [0.4, 0.5) is 0 Å². The quantitative estimate of drug-likeness (QED) is 0.753. The van der Waals surface area contributed by atoms with E-state index in [1.165, 1.54) is 0 Å². The van der Waals surface area contributed by atoms with Crippen LogP contribution in [0.1, 0.15) is 25.1 Å². The first-order valence-corrected chi connectivity index (χ1v) is 6.24. The van der Waals surface area contributed by atoms with Gasteiger partial charge in [0.1, 0.15) is 5.82 Å². The van der Waals surface area contributed by atoms with Gasteiger partial charge in [0.15, 0.2) is 0 Å². The van der Waals surface area contributed by atoms with E-state index < -0.39 is 0 Å². The molecule has 0 unspecified atom stereocenters. The highest BCUT2D eigenvalue weighted by Crippen LogP contribution is 2.09. The molecule has 0 fully saturated rings. The lowest BCUT2D eigenvalue weighted by atomic mass is 10.2. The summed E-state index contributed by atoms with van der Waals surface area (Å²) in [4.78, 5) is 11.8. The number of rotatable bonds is 6. The molecule has 0 bridgehead atoms. The highest BCUT2D eigenvalue weighted by molar-refractivity contribution is 5.31. The van der Waals surface area contributed by atoms with Gasteiger partial charge in [-0.3, -0.25) is 0 Å². The number of hydrogen-bond acceptors (Lipinski definition) is 3. The van der Waals surface area contributed by atoms with Crippen LogP contribution >= 0.6 is 0 Å². The Morgan fingerprint density at radius 3 is 2.67 bits per heavy atom. The smallest absolute Gasteiger partial charge is 0.330 e. The van der Waals surface area contributed by atoms with Crippen LogP contribution in [0.2, 0.25) is 0 Å². The molecule has 0 saturated heterocycles. The van der Waals surface area contributed by atoms with Crippen molar-refractivity contribution in [2.24, 2.45) is 5.73 Å². The Hall–Kier alpha value is -1.88. The van der Waals surface area contributed by atoms with E-state index in [2.05, 4.69) is 10.2 Å². The molecule has 0 atom stereocenters. The number of H-pyrrole nitrogens is 1. The lowest BCUT2D eigenvalue weighted by Crippen LogP contribution is -2.16. The van der Waals surface area contributed by atoms with Crippen molar-refractivity contribution in [3.8, 4) is 5.69 Å². The number of nitrogens with one attached hydrogen (secondary N) is 1. The molecule has 2 rings (SSSR count). The maximum Gasteiger partial charge on any atom is 0.347 e. The molecule has 1 heterocycles. The van der Waals surface area contributed by atoms with Crippen molar-refractivity contribution in [1.29, 1.82) is 0 Å². The lowest BCUT2D eigenvalue weighted by molar-refractivity contribution is 0.661. The molecular formula is C13H18N4O. The summed E-state index contributed by atoms with van der Waals surface area (Å²) < 4.78 is 1.63. The fraction of sp³-hybridized carbons (Fsp3) is 0.385. The second kappa shape index (κ2) is 6.16. The first kappa shape index (κ1) is 12.6. The van der Waals surface area contributed by atoms with E-state index in [9.17, 15) is 4.79 Å². The van der Waals surface area contributed by atoms with Gasteiger partial charge >= 0.3 is 5.69 Å². The number of nitrogens with two attached hydrogens (primary N) is 1. The third kappa shape index (κ3) is 2.87. The van der Waals surface area contributed by atoms with Gasteiger partial charge in [0.2, 0.25) is 0 Å². The summed E-state index contributed by atoms with van der Waals surface area (Å²) in [6.45, 7) is 0.714. The van der Waals surface area contributed by atoms with E-state index in [1.54, 1.807) is 4.57 Å². The molecule has 3 N–H and O–H groups in total. The average molecular weight is 246 g/mol. The molecular weight excluding hydrogens is 228 g/mol. The van der Waals surface area contributed by atoms with Gasteiger partial charge in [0.05, 0.1) is 5.69 Å². The summed E-state index contributed by atoms with van der Waals surface area (Å²) in [5.41, 5.74) is 6.12. The number of hydrogen-bond donors (Lipinski definition) is 2. The van der Waals surface area contributed by atoms with Crippen molar-refractivity contribution in [2.75, 3.05) is 6.54 Å². The van der Waals surface area contributed by atoms with E-state index in [1.807, 2.05) is 30.3 Å². The molecule has 5 heteroatoms. The molecule has 0 spiro atoms. The Morgan fingerprint density at radius 1 is 1.17 bits per heavy atom. The van der Waals surface area contributed by atoms with Crippen molar-refractivity contribution >= 4 is 0 Å². The fourth-order valence-electron chi connectivity index (χ4n) is 1.94. The summed E-state index contributed by atoms with van der Waals surface area (Å²) in [5, 5.41) is 6.59. The van der Waals surface area contributed by atoms with E-state index in [-0.39, 0.29) is 5.69 Å². The van der Waals surface area contributed by atoms with Gasteiger partial charge in [-0.05, 0) is 31.5 Å². The Kier molecular flexibility index (Phi) is 4.30. The number of aromatic amines is 1. The summed E-state index contributed by atoms with van der Waals surface area (Å²) >= 11 is 0. The van der Waals surface area contributed by atoms with Gasteiger partial charge < -0.3 is 5.73 Å². The average Bonchev–Trinajstić information content (AvgIpc) is 2.77. The van der Waals surface area contributed by atoms with Crippen molar-refractivity contribution in [1.82, 2.24) is 14.8 Å². The molecule has 1 aromatic carbocycles. The largest absolute Gasteiger partial charge is 0.347 e. The van der Waals surface area contributed by atoms with Gasteiger partial charge in [-0.1, -0.05) is 24.6 Å². The molecule has 0 aliphatic heterocycles. The zero-order valence-corrected chi connectivity index (χ0v) is 10.3. The Morgan fingerprint density at radius 2 is 1.94 bits per heavy atom. The predicted molar refractivity (Wildman–Crippen MR) is 70.8 cm³/mol. The van der Waals surface area contributed by atoms with E-state index in [0.29, 0.717) is 6.54 Å². The first-order valence-electron chi connectivity index (χ1n) is 6.24. The highest BCUT2D eigenvalue weighted by Gasteiger charge is 2.09. The van der Waals surface area contributed by atoms with Gasteiger partial charge in [-0.2, -0.15) is 5.10 Å². The third-order valence-electron chi connectivity index (χ3n) is 2.86. The molecule has 2 aromatic rings. The highest BCUT2D eigenvalue weighted by atomic mass is 16.1. The topological polar surface area (TPSA) is 76.7 Å². The zero-order chi connectivity index (χ0) is 12.8. The molecule has 0 aliphatic carbocycles. The first-order chi connectivity index (χ1) is 8.83. The number of nitrogens with zero attached hydrogens (tertiary/aromatic N) is 2. The van der Waals surface area contributed by atoms with Crippen LogP contribution in [-0.2, 0) is 6.42 Å². The minimum Gasteiger partial charge on any atom is -0.330 e. The van der Waals surface area contributed by atoms with Crippen LogP contribution in [0.5, 0.6) is 0 Å². The Bertz CT molecular complexity index is 529. The second-order valence-corrected chi connectivity index (χ2v) is 4.22. The number of aromatic nitrogens is 3. The number of benzene rings is 1. The fourth-order valence-corrected chi connectivity index (χ4v) is 1.94. The Labute approximate surface area is 106 Å². The summed E-state index contributed by atoms with van der Waals surface area (Å²) in [6.07, 6.45) is 3.86. The zero-order valence-electron chi connectivity index (χ0n) is 10.3. The maximum absolute atomic E-state index is 11.8. The molecule has 18 heavy (non-hydrogen) atoms. The van der Waals surface area contributed by atoms with Gasteiger partial charge in [-0.25, -0.2) is 14.5 Å². The molecule has 5 nitrogen and oxygen atoms in total. The van der Waals surface area contributed by atoms with Crippen LogP contribution < -0.4 is 11.4 Å². The van der Waals surface area contributed by atoms with Crippen molar-refractivity contribution in [2.45, 2.75) is 25.7 Å². The monoisotopic (exact) mass is 246 g/mol. The normalized spacial score (nSPS) is 10.7. The SMILES string of the molecule is NCCCCCc1n[nH]c(=O)n1-c1ccccc1. The van der Waals surface area contributed by atoms with Crippen molar-refractivity contribution in [3.05, 3.63) is 46.6 Å². The second-order valence-electron chi connectivity index (χ2n) is 4.22. The molecule has 96 valence electrons. The van der Waals surface area contributed by atoms with Crippen LogP contribution in [-0.4, -0.2) is 21.3 Å². The van der Waals surface area contributed by atoms with Gasteiger partial charge in [-0.15, -0.1) is 0 Å².